The molecule has 0 spiro atoms. The second-order valence-corrected chi connectivity index (χ2v) is 5.99. The molecule has 4 heteroatoms. The molecule has 2 aromatic rings. The average Bonchev–Trinajstić information content (AvgIpc) is 2.80. The number of rotatable bonds is 4. The van der Waals surface area contributed by atoms with Gasteiger partial charge >= 0.3 is 0 Å². The zero-order chi connectivity index (χ0) is 15.4. The van der Waals surface area contributed by atoms with Crippen molar-refractivity contribution in [2.75, 3.05) is 32.7 Å². The van der Waals surface area contributed by atoms with E-state index in [2.05, 4.69) is 52.9 Å². The lowest BCUT2D eigenvalue weighted by Crippen LogP contribution is -2.35. The first-order valence-corrected chi connectivity index (χ1v) is 8.32. The fourth-order valence-corrected chi connectivity index (χ4v) is 3.25. The minimum atomic E-state index is 0.288. The first-order chi connectivity index (χ1) is 10.8. The molecule has 3 rings (SSSR count). The van der Waals surface area contributed by atoms with Crippen LogP contribution in [0.3, 0.4) is 0 Å². The number of hydrogen-bond acceptors (Lipinski definition) is 2. The summed E-state index contributed by atoms with van der Waals surface area (Å²) in [6.07, 6.45) is 3.76. The zero-order valence-corrected chi connectivity index (χ0v) is 13.4. The molecule has 1 fully saturated rings. The van der Waals surface area contributed by atoms with Crippen LogP contribution in [0.5, 0.6) is 0 Å². The minimum absolute atomic E-state index is 0.288. The lowest BCUT2D eigenvalue weighted by atomic mass is 10.2. The lowest BCUT2D eigenvalue weighted by Gasteiger charge is -2.21. The Morgan fingerprint density at radius 2 is 1.95 bits per heavy atom. The molecule has 0 N–H and O–H groups in total. The Morgan fingerprint density at radius 3 is 2.82 bits per heavy atom. The molecule has 22 heavy (non-hydrogen) atoms. The molecule has 1 aliphatic rings. The summed E-state index contributed by atoms with van der Waals surface area (Å²) in [6.45, 7) is 7.93. The van der Waals surface area contributed by atoms with E-state index < -0.39 is 0 Å². The molecule has 118 valence electrons. The summed E-state index contributed by atoms with van der Waals surface area (Å²) < 4.78 is 2.18. The highest BCUT2D eigenvalue weighted by molar-refractivity contribution is 5.80. The summed E-state index contributed by atoms with van der Waals surface area (Å²) in [5.74, 6) is 0.288. The van der Waals surface area contributed by atoms with Crippen LogP contribution in [0.2, 0.25) is 0 Å². The van der Waals surface area contributed by atoms with Crippen LogP contribution in [0.1, 0.15) is 19.8 Å². The third-order valence-electron chi connectivity index (χ3n) is 4.64. The van der Waals surface area contributed by atoms with E-state index in [1.807, 2.05) is 4.90 Å². The van der Waals surface area contributed by atoms with E-state index in [0.717, 1.165) is 45.7 Å². The van der Waals surface area contributed by atoms with Crippen LogP contribution in [-0.4, -0.2) is 53.0 Å². The summed E-state index contributed by atoms with van der Waals surface area (Å²) >= 11 is 0. The van der Waals surface area contributed by atoms with Crippen molar-refractivity contribution >= 4 is 16.8 Å². The summed E-state index contributed by atoms with van der Waals surface area (Å²) in [5.41, 5.74) is 1.21. The molecule has 4 nitrogen and oxygen atoms in total. The maximum atomic E-state index is 12.5. The number of carbonyl (C=O) groups is 1. The van der Waals surface area contributed by atoms with Gasteiger partial charge in [0.15, 0.2) is 0 Å². The van der Waals surface area contributed by atoms with Crippen molar-refractivity contribution in [2.45, 2.75) is 26.3 Å². The predicted molar refractivity (Wildman–Crippen MR) is 89.9 cm³/mol. The van der Waals surface area contributed by atoms with E-state index in [-0.39, 0.29) is 5.91 Å². The molecule has 0 atom stereocenters. The number of likely N-dealkylation sites (N-methyl/N-ethyl adjacent to an activating group) is 1. The van der Waals surface area contributed by atoms with E-state index in [1.54, 1.807) is 0 Å². The van der Waals surface area contributed by atoms with E-state index in [1.165, 1.54) is 10.9 Å². The molecule has 1 amide bonds. The molecule has 2 heterocycles. The van der Waals surface area contributed by atoms with E-state index in [0.29, 0.717) is 6.42 Å². The third kappa shape index (κ3) is 3.33. The Morgan fingerprint density at radius 1 is 1.09 bits per heavy atom. The van der Waals surface area contributed by atoms with Crippen molar-refractivity contribution in [1.29, 1.82) is 0 Å². The standard InChI is InChI=1S/C18H25N3O/c1-2-19-10-5-11-21(15-14-19)18(22)9-13-20-12-8-16-6-3-4-7-17(16)20/h3-4,6-8,12H,2,5,9-11,13-15H2,1H3. The van der Waals surface area contributed by atoms with Crippen LogP contribution in [-0.2, 0) is 11.3 Å². The van der Waals surface area contributed by atoms with Gasteiger partial charge in [0, 0.05) is 44.3 Å². The van der Waals surface area contributed by atoms with Crippen molar-refractivity contribution in [1.82, 2.24) is 14.4 Å². The molecule has 0 bridgehead atoms. The smallest absolute Gasteiger partial charge is 0.224 e. The Balaban J connectivity index is 1.58. The molecule has 0 radical (unpaired) electrons. The number of carbonyl (C=O) groups excluding carboxylic acids is 1. The second-order valence-electron chi connectivity index (χ2n) is 5.99. The number of nitrogens with zero attached hydrogens (tertiary/aromatic N) is 3. The van der Waals surface area contributed by atoms with Crippen LogP contribution in [0, 0.1) is 0 Å². The van der Waals surface area contributed by atoms with Gasteiger partial charge in [-0.15, -0.1) is 0 Å². The van der Waals surface area contributed by atoms with Gasteiger partial charge in [-0.25, -0.2) is 0 Å². The monoisotopic (exact) mass is 299 g/mol. The van der Waals surface area contributed by atoms with Crippen molar-refractivity contribution < 1.29 is 4.79 Å². The van der Waals surface area contributed by atoms with Gasteiger partial charge in [0.05, 0.1) is 0 Å². The number of fused-ring (bicyclic) bond motifs is 1. The second kappa shape index (κ2) is 6.97. The number of benzene rings is 1. The fourth-order valence-electron chi connectivity index (χ4n) is 3.25. The van der Waals surface area contributed by atoms with Gasteiger partial charge < -0.3 is 14.4 Å². The van der Waals surface area contributed by atoms with Gasteiger partial charge in [-0.1, -0.05) is 25.1 Å². The van der Waals surface area contributed by atoms with Crippen molar-refractivity contribution in [2.24, 2.45) is 0 Å². The normalized spacial score (nSPS) is 16.9. The number of aromatic nitrogens is 1. The fraction of sp³-hybridized carbons (Fsp3) is 0.500. The zero-order valence-electron chi connectivity index (χ0n) is 13.4. The van der Waals surface area contributed by atoms with E-state index in [9.17, 15) is 4.79 Å². The van der Waals surface area contributed by atoms with Crippen LogP contribution in [0.25, 0.3) is 10.9 Å². The first kappa shape index (κ1) is 15.1. The Labute approximate surface area is 132 Å². The Bertz CT molecular complexity index is 634. The van der Waals surface area contributed by atoms with Gasteiger partial charge in [-0.05, 0) is 37.0 Å². The maximum absolute atomic E-state index is 12.5. The van der Waals surface area contributed by atoms with Crippen molar-refractivity contribution in [3.05, 3.63) is 36.5 Å². The minimum Gasteiger partial charge on any atom is -0.347 e. The Hall–Kier alpha value is -1.81. The molecular formula is C18H25N3O. The predicted octanol–water partition coefficient (Wildman–Crippen LogP) is 2.59. The Kier molecular flexibility index (Phi) is 4.78. The van der Waals surface area contributed by atoms with Gasteiger partial charge in [-0.3, -0.25) is 4.79 Å². The average molecular weight is 299 g/mol. The number of amides is 1. The molecule has 0 aliphatic carbocycles. The number of hydrogen-bond donors (Lipinski definition) is 0. The van der Waals surface area contributed by atoms with Crippen molar-refractivity contribution in [3.8, 4) is 0 Å². The molecular weight excluding hydrogens is 274 g/mol. The molecule has 1 aliphatic heterocycles. The summed E-state index contributed by atoms with van der Waals surface area (Å²) in [4.78, 5) is 16.9. The van der Waals surface area contributed by atoms with Gasteiger partial charge in [0.1, 0.15) is 0 Å². The van der Waals surface area contributed by atoms with Crippen LogP contribution in [0.4, 0.5) is 0 Å². The molecule has 1 aromatic heterocycles. The van der Waals surface area contributed by atoms with Gasteiger partial charge in [0.2, 0.25) is 5.91 Å². The SMILES string of the molecule is CCN1CCCN(C(=O)CCn2ccc3ccccc32)CC1. The lowest BCUT2D eigenvalue weighted by molar-refractivity contribution is -0.131. The van der Waals surface area contributed by atoms with E-state index >= 15 is 0 Å². The van der Waals surface area contributed by atoms with Crippen LogP contribution < -0.4 is 0 Å². The molecule has 0 unspecified atom stereocenters. The van der Waals surface area contributed by atoms with Crippen molar-refractivity contribution in [3.63, 3.8) is 0 Å². The molecule has 0 saturated carbocycles. The summed E-state index contributed by atoms with van der Waals surface area (Å²) in [6, 6.07) is 10.4. The van der Waals surface area contributed by atoms with Gasteiger partial charge in [-0.2, -0.15) is 0 Å². The summed E-state index contributed by atoms with van der Waals surface area (Å²) in [5, 5.41) is 1.24. The largest absolute Gasteiger partial charge is 0.347 e. The third-order valence-corrected chi connectivity index (χ3v) is 4.64. The highest BCUT2D eigenvalue weighted by Crippen LogP contribution is 2.15. The first-order valence-electron chi connectivity index (χ1n) is 8.32. The highest BCUT2D eigenvalue weighted by atomic mass is 16.2. The topological polar surface area (TPSA) is 28.5 Å². The number of para-hydroxylation sites is 1. The number of aryl methyl sites for hydroxylation is 1. The molecule has 1 aromatic carbocycles. The van der Waals surface area contributed by atoms with Gasteiger partial charge in [0.25, 0.3) is 0 Å². The van der Waals surface area contributed by atoms with E-state index in [4.69, 9.17) is 0 Å². The quantitative estimate of drug-likeness (QED) is 0.868. The molecule has 1 saturated heterocycles. The maximum Gasteiger partial charge on any atom is 0.224 e. The van der Waals surface area contributed by atoms with Crippen LogP contribution >= 0.6 is 0 Å². The van der Waals surface area contributed by atoms with Crippen LogP contribution in [0.15, 0.2) is 36.5 Å². The highest BCUT2D eigenvalue weighted by Gasteiger charge is 2.18. The summed E-state index contributed by atoms with van der Waals surface area (Å²) in [7, 11) is 0.